The van der Waals surface area contributed by atoms with E-state index in [-0.39, 0.29) is 30.0 Å². The summed E-state index contributed by atoms with van der Waals surface area (Å²) in [4.78, 5) is 69.0. The molecule has 1 atom stereocenters. The summed E-state index contributed by atoms with van der Waals surface area (Å²) in [6.07, 6.45) is 0.134. The van der Waals surface area contributed by atoms with Crippen LogP contribution in [0.4, 0.5) is 5.69 Å². The summed E-state index contributed by atoms with van der Waals surface area (Å²) in [5, 5.41) is 14.6. The average molecular weight is 637 g/mol. The van der Waals surface area contributed by atoms with Crippen molar-refractivity contribution >= 4 is 40.4 Å². The maximum atomic E-state index is 13.7. The zero-order valence-electron chi connectivity index (χ0n) is 25.5. The van der Waals surface area contributed by atoms with E-state index >= 15 is 0 Å². The number of ether oxygens (including phenoxy) is 1. The molecule has 0 radical (unpaired) electrons. The van der Waals surface area contributed by atoms with Crippen molar-refractivity contribution in [2.45, 2.75) is 38.3 Å². The molecule has 240 valence electrons. The van der Waals surface area contributed by atoms with E-state index in [0.717, 1.165) is 11.1 Å². The highest BCUT2D eigenvalue weighted by atomic mass is 16.5. The van der Waals surface area contributed by atoms with Crippen LogP contribution in [0.3, 0.4) is 0 Å². The van der Waals surface area contributed by atoms with E-state index in [9.17, 15) is 29.1 Å². The Kier molecular flexibility index (Phi) is 10.2. The summed E-state index contributed by atoms with van der Waals surface area (Å²) in [6, 6.07) is 25.2. The number of hydrogen-bond donors (Lipinski definition) is 3. The molecule has 2 aromatic heterocycles. The zero-order valence-corrected chi connectivity index (χ0v) is 25.5. The van der Waals surface area contributed by atoms with Crippen LogP contribution in [0.5, 0.6) is 5.75 Å². The Morgan fingerprint density at radius 1 is 0.894 bits per heavy atom. The van der Waals surface area contributed by atoms with Gasteiger partial charge in [-0.25, -0.2) is 4.98 Å². The number of Topliss-reactive ketones (excluding diaryl/α,β-unsaturated/α-hetero) is 1. The van der Waals surface area contributed by atoms with Gasteiger partial charge in [0, 0.05) is 18.5 Å². The highest BCUT2D eigenvalue weighted by Gasteiger charge is 2.30. The minimum atomic E-state index is -1.55. The number of hydrogen-bond acceptors (Lipinski definition) is 8. The van der Waals surface area contributed by atoms with Gasteiger partial charge < -0.3 is 29.5 Å². The van der Waals surface area contributed by atoms with Gasteiger partial charge in [0.25, 0.3) is 11.4 Å². The van der Waals surface area contributed by atoms with Crippen molar-refractivity contribution in [3.8, 4) is 5.75 Å². The quantitative estimate of drug-likeness (QED) is 0.153. The number of aryl methyl sites for hydroxylation is 1. The number of anilines is 1. The van der Waals surface area contributed by atoms with Crippen LogP contribution in [0, 0.1) is 0 Å². The van der Waals surface area contributed by atoms with Gasteiger partial charge in [0.15, 0.2) is 11.3 Å². The predicted molar refractivity (Wildman–Crippen MR) is 172 cm³/mol. The number of aromatic nitrogens is 2. The maximum Gasteiger partial charge on any atom is 0.305 e. The van der Waals surface area contributed by atoms with Crippen LogP contribution in [-0.2, 0) is 33.8 Å². The smallest absolute Gasteiger partial charge is 0.305 e. The molecular formula is C35H32N4O8. The SMILES string of the molecule is COc1cccc2nc(C(=O)[C@H](CC(=O)O)NC(=O)Cn3c(Cc4ccccc4)ccc(NC(=O)CCc4ccccc4)c3=O)oc12. The van der Waals surface area contributed by atoms with Gasteiger partial charge >= 0.3 is 5.97 Å². The Bertz CT molecular complexity index is 1970. The van der Waals surface area contributed by atoms with Crippen molar-refractivity contribution in [2.75, 3.05) is 12.4 Å². The summed E-state index contributed by atoms with van der Waals surface area (Å²) in [6.45, 7) is -0.556. The molecule has 5 aromatic rings. The van der Waals surface area contributed by atoms with Crippen molar-refractivity contribution in [3.63, 3.8) is 0 Å². The third-order valence-electron chi connectivity index (χ3n) is 7.39. The van der Waals surface area contributed by atoms with Gasteiger partial charge in [-0.2, -0.15) is 0 Å². The number of oxazole rings is 1. The second-order valence-electron chi connectivity index (χ2n) is 10.7. The molecule has 0 unspecified atom stereocenters. The molecule has 12 heteroatoms. The van der Waals surface area contributed by atoms with Crippen LogP contribution in [0.2, 0.25) is 0 Å². The number of rotatable bonds is 14. The number of aliphatic carboxylic acids is 1. The lowest BCUT2D eigenvalue weighted by atomic mass is 10.1. The Labute approximate surface area is 269 Å². The van der Waals surface area contributed by atoms with Crippen molar-refractivity contribution in [1.82, 2.24) is 14.9 Å². The Morgan fingerprint density at radius 2 is 1.60 bits per heavy atom. The van der Waals surface area contributed by atoms with Crippen LogP contribution >= 0.6 is 0 Å². The third kappa shape index (κ3) is 8.17. The number of methoxy groups -OCH3 is 1. The van der Waals surface area contributed by atoms with Crippen molar-refractivity contribution in [2.24, 2.45) is 0 Å². The van der Waals surface area contributed by atoms with E-state index in [1.807, 2.05) is 60.7 Å². The molecule has 5 rings (SSSR count). The first kappa shape index (κ1) is 32.4. The second kappa shape index (κ2) is 14.8. The minimum absolute atomic E-state index is 0.0220. The normalized spacial score (nSPS) is 11.5. The third-order valence-corrected chi connectivity index (χ3v) is 7.39. The molecule has 2 heterocycles. The van der Waals surface area contributed by atoms with E-state index in [1.165, 1.54) is 17.7 Å². The molecular weight excluding hydrogens is 604 g/mol. The number of carboxylic acid groups (broad SMARTS) is 1. The number of nitrogens with one attached hydrogen (secondary N) is 2. The lowest BCUT2D eigenvalue weighted by Crippen LogP contribution is -2.45. The van der Waals surface area contributed by atoms with Crippen molar-refractivity contribution in [3.05, 3.63) is 124 Å². The van der Waals surface area contributed by atoms with Gasteiger partial charge in [-0.3, -0.25) is 24.0 Å². The van der Waals surface area contributed by atoms with E-state index in [1.54, 1.807) is 24.3 Å². The highest BCUT2D eigenvalue weighted by molar-refractivity contribution is 6.02. The molecule has 0 fully saturated rings. The number of amides is 2. The molecule has 2 amide bonds. The van der Waals surface area contributed by atoms with Gasteiger partial charge in [-0.1, -0.05) is 66.7 Å². The molecule has 0 bridgehead atoms. The van der Waals surface area contributed by atoms with E-state index in [2.05, 4.69) is 15.6 Å². The average Bonchev–Trinajstić information content (AvgIpc) is 3.51. The van der Waals surface area contributed by atoms with E-state index in [0.29, 0.717) is 23.4 Å². The minimum Gasteiger partial charge on any atom is -0.493 e. The van der Waals surface area contributed by atoms with Gasteiger partial charge in [-0.15, -0.1) is 0 Å². The first-order valence-electron chi connectivity index (χ1n) is 14.8. The van der Waals surface area contributed by atoms with Crippen LogP contribution < -0.4 is 20.9 Å². The van der Waals surface area contributed by atoms with Gasteiger partial charge in [0.1, 0.15) is 23.8 Å². The topological polar surface area (TPSA) is 170 Å². The number of ketones is 1. The van der Waals surface area contributed by atoms with Crippen LogP contribution in [0.1, 0.15) is 40.3 Å². The second-order valence-corrected chi connectivity index (χ2v) is 10.7. The number of fused-ring (bicyclic) bond motifs is 1. The van der Waals surface area contributed by atoms with Crippen molar-refractivity contribution in [1.29, 1.82) is 0 Å². The van der Waals surface area contributed by atoms with Gasteiger partial charge in [0.2, 0.25) is 17.6 Å². The largest absolute Gasteiger partial charge is 0.493 e. The first-order valence-corrected chi connectivity index (χ1v) is 14.8. The molecule has 3 aromatic carbocycles. The fourth-order valence-corrected chi connectivity index (χ4v) is 5.07. The summed E-state index contributed by atoms with van der Waals surface area (Å²) < 4.78 is 12.0. The Balaban J connectivity index is 1.38. The predicted octanol–water partition coefficient (Wildman–Crippen LogP) is 4.00. The van der Waals surface area contributed by atoms with Crippen LogP contribution in [0.25, 0.3) is 11.1 Å². The molecule has 0 aliphatic carbocycles. The molecule has 0 aliphatic heterocycles. The summed E-state index contributed by atoms with van der Waals surface area (Å²) in [5.41, 5.74) is 2.15. The molecule has 0 aliphatic rings. The van der Waals surface area contributed by atoms with Gasteiger partial charge in [-0.05, 0) is 41.8 Å². The number of carbonyl (C=O) groups is 4. The number of benzene rings is 3. The molecule has 0 saturated heterocycles. The van der Waals surface area contributed by atoms with Crippen LogP contribution in [0.15, 0.2) is 100 Å². The maximum absolute atomic E-state index is 13.7. The Morgan fingerprint density at radius 3 is 2.28 bits per heavy atom. The lowest BCUT2D eigenvalue weighted by molar-refractivity contribution is -0.137. The number of carboxylic acids is 1. The van der Waals surface area contributed by atoms with Crippen molar-refractivity contribution < 1.29 is 33.4 Å². The first-order chi connectivity index (χ1) is 22.7. The van der Waals surface area contributed by atoms with E-state index in [4.69, 9.17) is 9.15 Å². The molecule has 0 saturated carbocycles. The van der Waals surface area contributed by atoms with Gasteiger partial charge in [0.05, 0.1) is 13.5 Å². The monoisotopic (exact) mass is 636 g/mol. The van der Waals surface area contributed by atoms with E-state index < -0.39 is 48.1 Å². The number of para-hydroxylation sites is 1. The number of pyridine rings is 1. The number of carbonyl (C=O) groups excluding carboxylic acids is 3. The summed E-state index contributed by atoms with van der Waals surface area (Å²) in [7, 11) is 1.42. The molecule has 12 nitrogen and oxygen atoms in total. The number of nitrogens with zero attached hydrogens (tertiary/aromatic N) is 2. The molecule has 3 N–H and O–H groups in total. The van der Waals surface area contributed by atoms with Crippen LogP contribution in [-0.4, -0.2) is 51.4 Å². The fraction of sp³-hybridized carbons (Fsp3) is 0.200. The Hall–Kier alpha value is -6.04. The zero-order chi connectivity index (χ0) is 33.3. The lowest BCUT2D eigenvalue weighted by Gasteiger charge is -2.18. The standard InChI is InChI=1S/C35H32N4O8/c1-46-28-14-8-13-25-33(28)47-34(38-25)32(44)27(20-31(42)43)37-30(41)21-39-24(19-23-11-6-3-7-12-23)16-17-26(35(39)45)36-29(40)18-15-22-9-4-2-5-10-22/h2-14,16-17,27H,15,18-21H2,1H3,(H,36,40)(H,37,41)(H,42,43)/t27-/m0/s1. The highest BCUT2D eigenvalue weighted by Crippen LogP contribution is 2.26. The molecule has 0 spiro atoms. The molecule has 47 heavy (non-hydrogen) atoms. The summed E-state index contributed by atoms with van der Waals surface area (Å²) >= 11 is 0. The summed E-state index contributed by atoms with van der Waals surface area (Å²) in [5.74, 6) is -3.47. The fourth-order valence-electron chi connectivity index (χ4n) is 5.07.